The Morgan fingerprint density at radius 3 is 2.33 bits per heavy atom. The smallest absolute Gasteiger partial charge is 0.119 e. The quantitative estimate of drug-likeness (QED) is 0.724. The SMILES string of the molecule is C1=CC=CC(CCOc2ccc(Cc3ccccc3)cc2)=NC=C1. The van der Waals surface area contributed by atoms with E-state index >= 15 is 0 Å². The molecule has 2 heteroatoms. The molecular formula is C22H21NO. The normalized spacial score (nSPS) is 13.2. The van der Waals surface area contributed by atoms with E-state index < -0.39 is 0 Å². The van der Waals surface area contributed by atoms with Crippen LogP contribution in [0.4, 0.5) is 0 Å². The zero-order chi connectivity index (χ0) is 16.5. The Bertz CT molecular complexity index is 752. The summed E-state index contributed by atoms with van der Waals surface area (Å²) in [4.78, 5) is 4.39. The van der Waals surface area contributed by atoms with Crippen LogP contribution in [0.1, 0.15) is 17.5 Å². The van der Waals surface area contributed by atoms with E-state index in [0.717, 1.165) is 24.3 Å². The third-order valence-corrected chi connectivity index (χ3v) is 3.75. The number of hydrogen-bond acceptors (Lipinski definition) is 2. The van der Waals surface area contributed by atoms with E-state index in [0.29, 0.717) is 6.61 Å². The molecule has 2 aromatic rings. The van der Waals surface area contributed by atoms with Gasteiger partial charge in [0.25, 0.3) is 0 Å². The number of nitrogens with zero attached hydrogens (tertiary/aromatic N) is 1. The van der Waals surface area contributed by atoms with Crippen LogP contribution in [0.2, 0.25) is 0 Å². The van der Waals surface area contributed by atoms with E-state index in [2.05, 4.69) is 41.4 Å². The fourth-order valence-electron chi connectivity index (χ4n) is 2.48. The molecule has 0 fully saturated rings. The Labute approximate surface area is 143 Å². The van der Waals surface area contributed by atoms with Gasteiger partial charge in [-0.25, -0.2) is 0 Å². The standard InChI is InChI=1S/C22H21NO/c1-2-7-16-23-21(10-6-1)15-17-24-22-13-11-20(12-14-22)18-19-8-4-3-5-9-19/h1-14,16H,15,17-18H2. The second-order valence-corrected chi connectivity index (χ2v) is 5.61. The molecule has 120 valence electrons. The van der Waals surface area contributed by atoms with Gasteiger partial charge in [0.1, 0.15) is 5.75 Å². The van der Waals surface area contributed by atoms with Gasteiger partial charge in [-0.1, -0.05) is 60.7 Å². The summed E-state index contributed by atoms with van der Waals surface area (Å²) < 4.78 is 5.83. The third-order valence-electron chi connectivity index (χ3n) is 3.75. The minimum absolute atomic E-state index is 0.624. The van der Waals surface area contributed by atoms with Crippen molar-refractivity contribution in [2.75, 3.05) is 6.61 Å². The molecule has 0 amide bonds. The topological polar surface area (TPSA) is 21.6 Å². The highest BCUT2D eigenvalue weighted by molar-refractivity contribution is 5.95. The van der Waals surface area contributed by atoms with E-state index in [9.17, 15) is 0 Å². The molecule has 24 heavy (non-hydrogen) atoms. The highest BCUT2D eigenvalue weighted by Gasteiger charge is 1.99. The van der Waals surface area contributed by atoms with Crippen molar-refractivity contribution in [3.05, 3.63) is 102 Å². The third kappa shape index (κ3) is 5.10. The number of benzene rings is 2. The summed E-state index contributed by atoms with van der Waals surface area (Å²) in [5, 5.41) is 0. The molecule has 0 aromatic heterocycles. The van der Waals surface area contributed by atoms with Crippen molar-refractivity contribution >= 4 is 5.71 Å². The Morgan fingerprint density at radius 2 is 1.50 bits per heavy atom. The molecule has 3 rings (SSSR count). The van der Waals surface area contributed by atoms with Gasteiger partial charge in [-0.05, 0) is 41.8 Å². The van der Waals surface area contributed by atoms with Crippen molar-refractivity contribution in [3.8, 4) is 5.75 Å². The first kappa shape index (κ1) is 16.0. The van der Waals surface area contributed by atoms with Gasteiger partial charge >= 0.3 is 0 Å². The average molecular weight is 315 g/mol. The lowest BCUT2D eigenvalue weighted by molar-refractivity contribution is 0.329. The van der Waals surface area contributed by atoms with Crippen LogP contribution in [0.3, 0.4) is 0 Å². The lowest BCUT2D eigenvalue weighted by atomic mass is 10.1. The van der Waals surface area contributed by atoms with E-state index in [1.807, 2.05) is 54.8 Å². The molecule has 0 aliphatic carbocycles. The van der Waals surface area contributed by atoms with Crippen molar-refractivity contribution in [2.45, 2.75) is 12.8 Å². The van der Waals surface area contributed by atoms with Crippen LogP contribution >= 0.6 is 0 Å². The Kier molecular flexibility index (Phi) is 5.79. The van der Waals surface area contributed by atoms with Crippen LogP contribution in [0.25, 0.3) is 0 Å². The molecule has 1 heterocycles. The summed E-state index contributed by atoms with van der Waals surface area (Å²) in [7, 11) is 0. The molecular weight excluding hydrogens is 294 g/mol. The van der Waals surface area contributed by atoms with Gasteiger partial charge in [-0.2, -0.15) is 0 Å². The largest absolute Gasteiger partial charge is 0.493 e. The van der Waals surface area contributed by atoms with Crippen molar-refractivity contribution < 1.29 is 4.74 Å². The lowest BCUT2D eigenvalue weighted by Gasteiger charge is -2.08. The number of aliphatic imine (C=N–C) groups is 1. The van der Waals surface area contributed by atoms with Gasteiger partial charge in [0, 0.05) is 18.3 Å². The van der Waals surface area contributed by atoms with Crippen molar-refractivity contribution in [1.29, 1.82) is 0 Å². The highest BCUT2D eigenvalue weighted by atomic mass is 16.5. The molecule has 1 aliphatic heterocycles. The summed E-state index contributed by atoms with van der Waals surface area (Å²) in [6.45, 7) is 0.624. The molecule has 0 atom stereocenters. The minimum atomic E-state index is 0.624. The fraction of sp³-hybridized carbons (Fsp3) is 0.136. The Morgan fingerprint density at radius 1 is 0.750 bits per heavy atom. The molecule has 0 bridgehead atoms. The van der Waals surface area contributed by atoms with E-state index in [1.165, 1.54) is 11.1 Å². The van der Waals surface area contributed by atoms with Crippen LogP contribution in [-0.4, -0.2) is 12.3 Å². The van der Waals surface area contributed by atoms with Crippen molar-refractivity contribution in [3.63, 3.8) is 0 Å². The van der Waals surface area contributed by atoms with Gasteiger partial charge in [0.05, 0.1) is 6.61 Å². The van der Waals surface area contributed by atoms with Crippen molar-refractivity contribution in [2.24, 2.45) is 4.99 Å². The van der Waals surface area contributed by atoms with Gasteiger partial charge in [0.2, 0.25) is 0 Å². The molecule has 2 nitrogen and oxygen atoms in total. The first-order valence-corrected chi connectivity index (χ1v) is 8.22. The van der Waals surface area contributed by atoms with Gasteiger partial charge < -0.3 is 4.74 Å². The second kappa shape index (κ2) is 8.68. The molecule has 0 radical (unpaired) electrons. The molecule has 0 saturated carbocycles. The summed E-state index contributed by atoms with van der Waals surface area (Å²) in [5.74, 6) is 0.901. The molecule has 0 saturated heterocycles. The fourth-order valence-corrected chi connectivity index (χ4v) is 2.48. The van der Waals surface area contributed by atoms with E-state index in [-0.39, 0.29) is 0 Å². The summed E-state index contributed by atoms with van der Waals surface area (Å²) >= 11 is 0. The van der Waals surface area contributed by atoms with Crippen molar-refractivity contribution in [1.82, 2.24) is 0 Å². The summed E-state index contributed by atoms with van der Waals surface area (Å²) in [6.07, 6.45) is 13.5. The number of hydrogen-bond donors (Lipinski definition) is 0. The Balaban J connectivity index is 1.49. The first-order chi connectivity index (χ1) is 11.9. The van der Waals surface area contributed by atoms with Crippen LogP contribution in [-0.2, 0) is 6.42 Å². The molecule has 0 N–H and O–H groups in total. The number of ether oxygens (including phenoxy) is 1. The van der Waals surface area contributed by atoms with Crippen LogP contribution < -0.4 is 4.74 Å². The minimum Gasteiger partial charge on any atom is -0.493 e. The predicted octanol–water partition coefficient (Wildman–Crippen LogP) is 5.13. The molecule has 0 unspecified atom stereocenters. The monoisotopic (exact) mass is 315 g/mol. The van der Waals surface area contributed by atoms with Crippen LogP contribution in [0.5, 0.6) is 5.75 Å². The van der Waals surface area contributed by atoms with E-state index in [4.69, 9.17) is 4.74 Å². The maximum Gasteiger partial charge on any atom is 0.119 e. The first-order valence-electron chi connectivity index (χ1n) is 8.22. The molecule has 0 spiro atoms. The van der Waals surface area contributed by atoms with Crippen LogP contribution in [0.15, 0.2) is 96.2 Å². The zero-order valence-corrected chi connectivity index (χ0v) is 13.6. The zero-order valence-electron chi connectivity index (χ0n) is 13.6. The number of rotatable bonds is 6. The maximum absolute atomic E-state index is 5.83. The molecule has 1 aliphatic rings. The second-order valence-electron chi connectivity index (χ2n) is 5.61. The Hall–Kier alpha value is -2.87. The predicted molar refractivity (Wildman–Crippen MR) is 101 cm³/mol. The van der Waals surface area contributed by atoms with Gasteiger partial charge in [0.15, 0.2) is 0 Å². The maximum atomic E-state index is 5.83. The van der Waals surface area contributed by atoms with Crippen LogP contribution in [0, 0.1) is 0 Å². The van der Waals surface area contributed by atoms with E-state index in [1.54, 1.807) is 0 Å². The highest BCUT2D eigenvalue weighted by Crippen LogP contribution is 2.15. The lowest BCUT2D eigenvalue weighted by Crippen LogP contribution is -2.04. The summed E-state index contributed by atoms with van der Waals surface area (Å²) in [6, 6.07) is 18.8. The number of allylic oxidation sites excluding steroid dienone is 5. The molecule has 2 aromatic carbocycles. The average Bonchev–Trinajstić information content (AvgIpc) is 2.59. The van der Waals surface area contributed by atoms with Gasteiger partial charge in [-0.15, -0.1) is 0 Å². The summed E-state index contributed by atoms with van der Waals surface area (Å²) in [5.41, 5.74) is 3.64. The van der Waals surface area contributed by atoms with Gasteiger partial charge in [-0.3, -0.25) is 4.99 Å².